The predicted molar refractivity (Wildman–Crippen MR) is 71.3 cm³/mol. The van der Waals surface area contributed by atoms with Crippen LogP contribution in [0.4, 0.5) is 4.39 Å². The van der Waals surface area contributed by atoms with E-state index >= 15 is 0 Å². The van der Waals surface area contributed by atoms with Crippen molar-refractivity contribution in [2.75, 3.05) is 0 Å². The van der Waals surface area contributed by atoms with Gasteiger partial charge in [-0.05, 0) is 30.7 Å². The van der Waals surface area contributed by atoms with Gasteiger partial charge in [0.05, 0.1) is 11.8 Å². The maximum absolute atomic E-state index is 13.6. The molecule has 18 heavy (non-hydrogen) atoms. The average molecular weight is 262 g/mol. The van der Waals surface area contributed by atoms with Crippen LogP contribution in [0.1, 0.15) is 11.1 Å². The fourth-order valence-corrected chi connectivity index (χ4v) is 1.64. The summed E-state index contributed by atoms with van der Waals surface area (Å²) < 4.78 is 19.1. The molecule has 0 atom stereocenters. The predicted octanol–water partition coefficient (Wildman–Crippen LogP) is 2.96. The number of aryl methyl sites for hydroxylation is 1. The van der Waals surface area contributed by atoms with Gasteiger partial charge in [0.25, 0.3) is 0 Å². The monoisotopic (exact) mass is 262 g/mol. The van der Waals surface area contributed by atoms with E-state index in [-0.39, 0.29) is 10.7 Å². The molecule has 0 aliphatic rings. The molecule has 92 valence electrons. The molecule has 0 fully saturated rings. The highest BCUT2D eigenvalue weighted by molar-refractivity contribution is 7.80. The highest BCUT2D eigenvalue weighted by atomic mass is 32.1. The van der Waals surface area contributed by atoms with Gasteiger partial charge in [0.2, 0.25) is 0 Å². The summed E-state index contributed by atoms with van der Waals surface area (Å²) in [6, 6.07) is 6.25. The molecule has 0 aliphatic carbocycles. The molecular weight excluding hydrogens is 251 g/mol. The number of ether oxygens (including phenoxy) is 1. The van der Waals surface area contributed by atoms with Crippen LogP contribution in [0.5, 0.6) is 11.5 Å². The topological polar surface area (TPSA) is 48.1 Å². The summed E-state index contributed by atoms with van der Waals surface area (Å²) >= 11 is 4.90. The molecule has 2 aromatic rings. The summed E-state index contributed by atoms with van der Waals surface area (Å²) in [5.41, 5.74) is 6.99. The molecule has 2 N–H and O–H groups in total. The lowest BCUT2D eigenvalue weighted by Crippen LogP contribution is -2.11. The molecule has 1 heterocycles. The molecule has 0 aliphatic heterocycles. The molecule has 2 rings (SSSR count). The number of nitrogens with two attached hydrogens (primary N) is 1. The first-order valence-corrected chi connectivity index (χ1v) is 5.66. The molecule has 0 saturated heterocycles. The standard InChI is InChI=1S/C13H11FN2OS/c1-8-2-3-10(14)11(6-8)17-12-7-16-5-4-9(12)13(15)18/h2-7H,1H3,(H2,15,18). The Hall–Kier alpha value is -2.01. The fourth-order valence-electron chi connectivity index (χ4n) is 1.47. The van der Waals surface area contributed by atoms with E-state index in [1.54, 1.807) is 24.4 Å². The number of hydrogen-bond acceptors (Lipinski definition) is 3. The van der Waals surface area contributed by atoms with Crippen molar-refractivity contribution in [3.8, 4) is 11.5 Å². The van der Waals surface area contributed by atoms with E-state index in [4.69, 9.17) is 22.7 Å². The van der Waals surface area contributed by atoms with E-state index in [0.717, 1.165) is 5.56 Å². The van der Waals surface area contributed by atoms with E-state index in [0.29, 0.717) is 11.3 Å². The van der Waals surface area contributed by atoms with Gasteiger partial charge in [-0.3, -0.25) is 4.98 Å². The number of nitrogens with zero attached hydrogens (tertiary/aromatic N) is 1. The van der Waals surface area contributed by atoms with Crippen LogP contribution in [0, 0.1) is 12.7 Å². The van der Waals surface area contributed by atoms with Gasteiger partial charge in [-0.2, -0.15) is 0 Å². The lowest BCUT2D eigenvalue weighted by molar-refractivity contribution is 0.439. The van der Waals surface area contributed by atoms with Crippen molar-refractivity contribution in [3.63, 3.8) is 0 Å². The van der Waals surface area contributed by atoms with Crippen LogP contribution in [0.2, 0.25) is 0 Å². The first-order chi connectivity index (χ1) is 8.58. The number of rotatable bonds is 3. The first-order valence-electron chi connectivity index (χ1n) is 5.26. The number of halogens is 1. The lowest BCUT2D eigenvalue weighted by Gasteiger charge is -2.10. The van der Waals surface area contributed by atoms with Gasteiger partial charge >= 0.3 is 0 Å². The molecule has 5 heteroatoms. The largest absolute Gasteiger partial charge is 0.452 e. The molecule has 0 saturated carbocycles. The van der Waals surface area contributed by atoms with Crippen LogP contribution in [-0.4, -0.2) is 9.97 Å². The second-order valence-electron chi connectivity index (χ2n) is 3.77. The van der Waals surface area contributed by atoms with Crippen LogP contribution in [0.15, 0.2) is 36.7 Å². The van der Waals surface area contributed by atoms with Crippen LogP contribution in [0.25, 0.3) is 0 Å². The van der Waals surface area contributed by atoms with Crippen molar-refractivity contribution < 1.29 is 9.13 Å². The Morgan fingerprint density at radius 2 is 2.11 bits per heavy atom. The van der Waals surface area contributed by atoms with Gasteiger partial charge in [0.15, 0.2) is 17.3 Å². The van der Waals surface area contributed by atoms with E-state index < -0.39 is 5.82 Å². The third-order valence-corrected chi connectivity index (χ3v) is 2.58. The normalized spacial score (nSPS) is 10.1. The zero-order valence-corrected chi connectivity index (χ0v) is 10.5. The SMILES string of the molecule is Cc1ccc(F)c(Oc2cnccc2C(N)=S)c1. The van der Waals surface area contributed by atoms with Crippen molar-refractivity contribution in [1.82, 2.24) is 4.98 Å². The molecule has 0 spiro atoms. The lowest BCUT2D eigenvalue weighted by atomic mass is 10.2. The maximum atomic E-state index is 13.6. The minimum atomic E-state index is -0.446. The first kappa shape index (κ1) is 12.4. The van der Waals surface area contributed by atoms with Gasteiger partial charge in [-0.25, -0.2) is 4.39 Å². The highest BCUT2D eigenvalue weighted by Gasteiger charge is 2.10. The zero-order valence-electron chi connectivity index (χ0n) is 9.68. The smallest absolute Gasteiger partial charge is 0.165 e. The summed E-state index contributed by atoms with van der Waals surface area (Å²) in [6.07, 6.45) is 3.00. The molecule has 0 unspecified atom stereocenters. The van der Waals surface area contributed by atoms with Gasteiger partial charge in [-0.1, -0.05) is 18.3 Å². The zero-order chi connectivity index (χ0) is 13.1. The second-order valence-corrected chi connectivity index (χ2v) is 4.21. The Morgan fingerprint density at radius 3 is 2.83 bits per heavy atom. The Labute approximate surface area is 109 Å². The summed E-state index contributed by atoms with van der Waals surface area (Å²) in [6.45, 7) is 1.85. The summed E-state index contributed by atoms with van der Waals surface area (Å²) in [5, 5.41) is 0. The third-order valence-electron chi connectivity index (χ3n) is 2.36. The van der Waals surface area contributed by atoms with E-state index in [9.17, 15) is 4.39 Å². The minimum Gasteiger partial charge on any atom is -0.452 e. The number of hydrogen-bond donors (Lipinski definition) is 1. The van der Waals surface area contributed by atoms with E-state index in [1.165, 1.54) is 12.3 Å². The average Bonchev–Trinajstić information content (AvgIpc) is 2.34. The molecule has 0 amide bonds. The van der Waals surface area contributed by atoms with Crippen molar-refractivity contribution >= 4 is 17.2 Å². The van der Waals surface area contributed by atoms with Crippen LogP contribution in [0.3, 0.4) is 0 Å². The van der Waals surface area contributed by atoms with Gasteiger partial charge < -0.3 is 10.5 Å². The Bertz CT molecular complexity index is 601. The van der Waals surface area contributed by atoms with Crippen LogP contribution < -0.4 is 10.5 Å². The highest BCUT2D eigenvalue weighted by Crippen LogP contribution is 2.27. The van der Waals surface area contributed by atoms with E-state index in [1.807, 2.05) is 6.92 Å². The summed E-state index contributed by atoms with van der Waals surface area (Å²) in [7, 11) is 0. The summed E-state index contributed by atoms with van der Waals surface area (Å²) in [5.74, 6) is 0.0216. The van der Waals surface area contributed by atoms with Gasteiger partial charge in [0, 0.05) is 6.20 Å². The third kappa shape index (κ3) is 2.62. The minimum absolute atomic E-state index is 0.125. The molecular formula is C13H11FN2OS. The van der Waals surface area contributed by atoms with Crippen LogP contribution >= 0.6 is 12.2 Å². The van der Waals surface area contributed by atoms with Crippen molar-refractivity contribution in [2.45, 2.75) is 6.92 Å². The Morgan fingerprint density at radius 1 is 1.33 bits per heavy atom. The van der Waals surface area contributed by atoms with Crippen LogP contribution in [-0.2, 0) is 0 Å². The molecule has 0 radical (unpaired) electrons. The molecule has 0 bridgehead atoms. The van der Waals surface area contributed by atoms with E-state index in [2.05, 4.69) is 4.98 Å². The van der Waals surface area contributed by atoms with Gasteiger partial charge in [-0.15, -0.1) is 0 Å². The van der Waals surface area contributed by atoms with Crippen molar-refractivity contribution in [3.05, 3.63) is 53.6 Å². The second kappa shape index (κ2) is 5.10. The Kier molecular flexibility index (Phi) is 3.53. The number of pyridine rings is 1. The molecule has 1 aromatic heterocycles. The van der Waals surface area contributed by atoms with Gasteiger partial charge in [0.1, 0.15) is 4.99 Å². The molecule has 3 nitrogen and oxygen atoms in total. The van der Waals surface area contributed by atoms with Crippen molar-refractivity contribution in [2.24, 2.45) is 5.73 Å². The van der Waals surface area contributed by atoms with Crippen molar-refractivity contribution in [1.29, 1.82) is 0 Å². The number of benzene rings is 1. The fraction of sp³-hybridized carbons (Fsp3) is 0.0769. The number of thiocarbonyl (C=S) groups is 1. The maximum Gasteiger partial charge on any atom is 0.165 e. The quantitative estimate of drug-likeness (QED) is 0.864. The summed E-state index contributed by atoms with van der Waals surface area (Å²) in [4.78, 5) is 4.09. The Balaban J connectivity index is 2.40. The molecule has 1 aromatic carbocycles. The number of aromatic nitrogens is 1.